The predicted molar refractivity (Wildman–Crippen MR) is 85.6 cm³/mol. The highest BCUT2D eigenvalue weighted by atomic mass is 19.1. The van der Waals surface area contributed by atoms with Crippen LogP contribution in [-0.2, 0) is 5.41 Å². The molecule has 1 atom stereocenters. The minimum atomic E-state index is -0.176. The molecular formula is C18H28FN. The fourth-order valence-corrected chi connectivity index (χ4v) is 2.51. The smallest absolute Gasteiger partial charge is 0.123 e. The average molecular weight is 277 g/mol. The lowest BCUT2D eigenvalue weighted by molar-refractivity contribution is 0.322. The third-order valence-corrected chi connectivity index (χ3v) is 3.96. The summed E-state index contributed by atoms with van der Waals surface area (Å²) in [5.74, 6) is -0.176. The van der Waals surface area contributed by atoms with Crippen LogP contribution >= 0.6 is 0 Å². The van der Waals surface area contributed by atoms with E-state index in [1.54, 1.807) is 12.1 Å². The summed E-state index contributed by atoms with van der Waals surface area (Å²) in [6, 6.07) is 7.26. The summed E-state index contributed by atoms with van der Waals surface area (Å²) in [4.78, 5) is 0. The molecule has 1 nitrogen and oxygen atoms in total. The maximum absolute atomic E-state index is 13.1. The van der Waals surface area contributed by atoms with Crippen LogP contribution in [0.25, 0.3) is 0 Å². The minimum Gasteiger partial charge on any atom is -0.313 e. The van der Waals surface area contributed by atoms with Gasteiger partial charge in [-0.2, -0.15) is 0 Å². The summed E-state index contributed by atoms with van der Waals surface area (Å²) < 4.78 is 13.1. The van der Waals surface area contributed by atoms with E-state index in [1.807, 2.05) is 12.1 Å². The van der Waals surface area contributed by atoms with Gasteiger partial charge in [0.15, 0.2) is 0 Å². The number of hydrogen-bond acceptors (Lipinski definition) is 1. The molecule has 0 aromatic heterocycles. The summed E-state index contributed by atoms with van der Waals surface area (Å²) in [6.45, 7) is 13.7. The van der Waals surface area contributed by atoms with Gasteiger partial charge in [0.1, 0.15) is 5.82 Å². The predicted octanol–water partition coefficient (Wildman–Crippen LogP) is 4.83. The van der Waals surface area contributed by atoms with Gasteiger partial charge in [-0.15, -0.1) is 6.58 Å². The Labute approximate surface area is 123 Å². The second-order valence-electron chi connectivity index (χ2n) is 6.23. The van der Waals surface area contributed by atoms with E-state index >= 15 is 0 Å². The van der Waals surface area contributed by atoms with E-state index in [4.69, 9.17) is 0 Å². The zero-order valence-corrected chi connectivity index (χ0v) is 13.3. The Hall–Kier alpha value is -1.15. The van der Waals surface area contributed by atoms with Gasteiger partial charge in [-0.05, 0) is 50.4 Å². The molecular weight excluding hydrogens is 249 g/mol. The standard InChI is InChI=1S/C18H28FN/c1-6-13-20-17(12-7-14(2)3)18(4,5)15-8-10-16(19)11-9-15/h8-11,17,20H,2,6-7,12-13H2,1,3-5H3. The lowest BCUT2D eigenvalue weighted by atomic mass is 9.75. The summed E-state index contributed by atoms with van der Waals surface area (Å²) in [7, 11) is 0. The van der Waals surface area contributed by atoms with E-state index in [1.165, 1.54) is 11.1 Å². The Morgan fingerprint density at radius 3 is 2.40 bits per heavy atom. The second kappa shape index (κ2) is 7.58. The Morgan fingerprint density at radius 2 is 1.90 bits per heavy atom. The molecule has 0 aliphatic rings. The first-order chi connectivity index (χ1) is 9.37. The first kappa shape index (κ1) is 16.9. The molecule has 0 aliphatic carbocycles. The number of rotatable bonds is 8. The van der Waals surface area contributed by atoms with Gasteiger partial charge in [0.05, 0.1) is 0 Å². The maximum Gasteiger partial charge on any atom is 0.123 e. The number of benzene rings is 1. The molecule has 20 heavy (non-hydrogen) atoms. The topological polar surface area (TPSA) is 12.0 Å². The van der Waals surface area contributed by atoms with E-state index in [9.17, 15) is 4.39 Å². The van der Waals surface area contributed by atoms with Crippen LogP contribution in [-0.4, -0.2) is 12.6 Å². The molecule has 0 bridgehead atoms. The highest BCUT2D eigenvalue weighted by Crippen LogP contribution is 2.30. The van der Waals surface area contributed by atoms with Crippen LogP contribution in [0.15, 0.2) is 36.4 Å². The first-order valence-electron chi connectivity index (χ1n) is 7.51. The van der Waals surface area contributed by atoms with Crippen molar-refractivity contribution in [2.45, 2.75) is 58.4 Å². The largest absolute Gasteiger partial charge is 0.313 e. The second-order valence-corrected chi connectivity index (χ2v) is 6.23. The zero-order valence-electron chi connectivity index (χ0n) is 13.3. The van der Waals surface area contributed by atoms with Gasteiger partial charge in [0.2, 0.25) is 0 Å². The number of allylic oxidation sites excluding steroid dienone is 1. The molecule has 0 heterocycles. The van der Waals surface area contributed by atoms with Crippen molar-refractivity contribution in [2.24, 2.45) is 0 Å². The van der Waals surface area contributed by atoms with E-state index in [0.29, 0.717) is 6.04 Å². The van der Waals surface area contributed by atoms with Gasteiger partial charge in [-0.3, -0.25) is 0 Å². The van der Waals surface area contributed by atoms with E-state index in [0.717, 1.165) is 25.8 Å². The highest BCUT2D eigenvalue weighted by Gasteiger charge is 2.30. The van der Waals surface area contributed by atoms with Gasteiger partial charge >= 0.3 is 0 Å². The molecule has 0 aliphatic heterocycles. The van der Waals surface area contributed by atoms with Gasteiger partial charge in [-0.1, -0.05) is 38.5 Å². The third-order valence-electron chi connectivity index (χ3n) is 3.96. The van der Waals surface area contributed by atoms with Crippen LogP contribution in [0, 0.1) is 5.82 Å². The monoisotopic (exact) mass is 277 g/mol. The average Bonchev–Trinajstić information content (AvgIpc) is 2.38. The number of hydrogen-bond donors (Lipinski definition) is 1. The lowest BCUT2D eigenvalue weighted by Gasteiger charge is -2.36. The van der Waals surface area contributed by atoms with Gasteiger partial charge in [-0.25, -0.2) is 4.39 Å². The fraction of sp³-hybridized carbons (Fsp3) is 0.556. The van der Waals surface area contributed by atoms with Crippen LogP contribution in [0.2, 0.25) is 0 Å². The number of halogens is 1. The van der Waals surface area contributed by atoms with Gasteiger partial charge in [0.25, 0.3) is 0 Å². The van der Waals surface area contributed by atoms with Crippen molar-refractivity contribution in [2.75, 3.05) is 6.54 Å². The summed E-state index contributed by atoms with van der Waals surface area (Å²) >= 11 is 0. The highest BCUT2D eigenvalue weighted by molar-refractivity contribution is 5.26. The van der Waals surface area contributed by atoms with E-state index in [-0.39, 0.29) is 11.2 Å². The number of nitrogens with one attached hydrogen (secondary N) is 1. The molecule has 0 saturated carbocycles. The quantitative estimate of drug-likeness (QED) is 0.671. The Kier molecular flexibility index (Phi) is 6.41. The van der Waals surface area contributed by atoms with E-state index < -0.39 is 0 Å². The Morgan fingerprint density at radius 1 is 1.30 bits per heavy atom. The van der Waals surface area contributed by atoms with Crippen molar-refractivity contribution >= 4 is 0 Å². The van der Waals surface area contributed by atoms with Crippen molar-refractivity contribution in [1.29, 1.82) is 0 Å². The SMILES string of the molecule is C=C(C)CCC(NCCC)C(C)(C)c1ccc(F)cc1. The van der Waals surface area contributed by atoms with Crippen LogP contribution in [0.4, 0.5) is 4.39 Å². The van der Waals surface area contributed by atoms with Crippen LogP contribution in [0.5, 0.6) is 0 Å². The Bertz CT molecular complexity index is 420. The summed E-state index contributed by atoms with van der Waals surface area (Å²) in [5, 5.41) is 3.64. The summed E-state index contributed by atoms with van der Waals surface area (Å²) in [6.07, 6.45) is 3.19. The van der Waals surface area contributed by atoms with Crippen LogP contribution in [0.3, 0.4) is 0 Å². The molecule has 0 amide bonds. The van der Waals surface area contributed by atoms with Crippen molar-refractivity contribution in [3.63, 3.8) is 0 Å². The van der Waals surface area contributed by atoms with Crippen molar-refractivity contribution < 1.29 is 4.39 Å². The zero-order chi connectivity index (χ0) is 15.2. The normalized spacial score (nSPS) is 13.2. The molecule has 1 unspecified atom stereocenters. The summed E-state index contributed by atoms with van der Waals surface area (Å²) in [5.41, 5.74) is 2.36. The third kappa shape index (κ3) is 4.75. The first-order valence-corrected chi connectivity index (χ1v) is 7.51. The van der Waals surface area contributed by atoms with Gasteiger partial charge in [0, 0.05) is 11.5 Å². The fourth-order valence-electron chi connectivity index (χ4n) is 2.51. The van der Waals surface area contributed by atoms with Gasteiger partial charge < -0.3 is 5.32 Å². The molecule has 112 valence electrons. The molecule has 1 rings (SSSR count). The van der Waals surface area contributed by atoms with Crippen LogP contribution < -0.4 is 5.32 Å². The van der Waals surface area contributed by atoms with Crippen molar-refractivity contribution in [1.82, 2.24) is 5.32 Å². The molecule has 0 fully saturated rings. The molecule has 1 N–H and O–H groups in total. The van der Waals surface area contributed by atoms with E-state index in [2.05, 4.69) is 39.6 Å². The molecule has 1 aromatic carbocycles. The molecule has 0 saturated heterocycles. The molecule has 1 aromatic rings. The van der Waals surface area contributed by atoms with Crippen LogP contribution in [0.1, 0.15) is 52.5 Å². The van der Waals surface area contributed by atoms with Crippen molar-refractivity contribution in [3.8, 4) is 0 Å². The van der Waals surface area contributed by atoms with Crippen molar-refractivity contribution in [3.05, 3.63) is 47.8 Å². The molecule has 0 radical (unpaired) electrons. The minimum absolute atomic E-state index is 0.0294. The maximum atomic E-state index is 13.1. The Balaban J connectivity index is 2.89. The molecule has 0 spiro atoms. The lowest BCUT2D eigenvalue weighted by Crippen LogP contribution is -2.45. The molecule has 2 heteroatoms.